The van der Waals surface area contributed by atoms with Gasteiger partial charge >= 0.3 is 0 Å². The number of thiophene rings is 1. The molecular weight excluding hydrogens is 703 g/mol. The molecule has 0 spiro atoms. The number of aromatic nitrogens is 1. The van der Waals surface area contributed by atoms with E-state index in [1.165, 1.54) is 102 Å². The highest BCUT2D eigenvalue weighted by Crippen LogP contribution is 2.46. The summed E-state index contributed by atoms with van der Waals surface area (Å²) in [6.07, 6.45) is 0. The predicted molar refractivity (Wildman–Crippen MR) is 225 cm³/mol. The molecule has 0 aliphatic rings. The minimum absolute atomic E-state index is 1.16. The monoisotopic (exact) mass is 729 g/mol. The second-order valence-electron chi connectivity index (χ2n) is 13.4. The lowest BCUT2D eigenvalue weighted by atomic mass is 9.94. The van der Waals surface area contributed by atoms with Crippen LogP contribution in [0.4, 0.5) is 0 Å². The third-order valence-electron chi connectivity index (χ3n) is 10.7. The van der Waals surface area contributed by atoms with Gasteiger partial charge in [-0.15, -0.1) is 11.3 Å². The summed E-state index contributed by atoms with van der Waals surface area (Å²) < 4.78 is 4.88. The number of fused-ring (bicyclic) bond motifs is 11. The Morgan fingerprint density at radius 2 is 0.961 bits per heavy atom. The molecule has 0 saturated heterocycles. The lowest BCUT2D eigenvalue weighted by Gasteiger charge is -2.14. The van der Waals surface area contributed by atoms with Crippen molar-refractivity contribution >= 4 is 102 Å². The lowest BCUT2D eigenvalue weighted by molar-refractivity contribution is 1.19. The van der Waals surface area contributed by atoms with Gasteiger partial charge in [0, 0.05) is 36.6 Å². The van der Waals surface area contributed by atoms with Gasteiger partial charge in [-0.05, 0) is 113 Å². The summed E-state index contributed by atoms with van der Waals surface area (Å²) in [5.74, 6) is 0. The van der Waals surface area contributed by atoms with Crippen LogP contribution in [0.3, 0.4) is 0 Å². The van der Waals surface area contributed by atoms with E-state index in [0.717, 1.165) is 4.47 Å². The van der Waals surface area contributed by atoms with E-state index in [9.17, 15) is 0 Å². The van der Waals surface area contributed by atoms with Crippen molar-refractivity contribution in [2.75, 3.05) is 0 Å². The number of para-hydroxylation sites is 1. The Morgan fingerprint density at radius 3 is 1.73 bits per heavy atom. The molecule has 0 aliphatic carbocycles. The van der Waals surface area contributed by atoms with Crippen LogP contribution in [0, 0.1) is 0 Å². The minimum Gasteiger partial charge on any atom is -0.309 e. The molecule has 0 fully saturated rings. The fourth-order valence-corrected chi connectivity index (χ4v) is 10.3. The van der Waals surface area contributed by atoms with Gasteiger partial charge in [0.2, 0.25) is 0 Å². The Labute approximate surface area is 306 Å². The summed E-state index contributed by atoms with van der Waals surface area (Å²) in [6, 6.07) is 62.5. The summed E-state index contributed by atoms with van der Waals surface area (Å²) in [5, 5.41) is 14.0. The Bertz CT molecular complexity index is 3180. The van der Waals surface area contributed by atoms with E-state index in [0.29, 0.717) is 0 Å². The quantitative estimate of drug-likeness (QED) is 0.160. The molecule has 238 valence electrons. The Balaban J connectivity index is 1.08. The molecule has 11 rings (SSSR count). The lowest BCUT2D eigenvalue weighted by Crippen LogP contribution is -1.94. The van der Waals surface area contributed by atoms with Crippen molar-refractivity contribution in [3.05, 3.63) is 174 Å². The van der Waals surface area contributed by atoms with Gasteiger partial charge in [-0.25, -0.2) is 0 Å². The van der Waals surface area contributed by atoms with E-state index in [1.807, 2.05) is 11.3 Å². The van der Waals surface area contributed by atoms with Gasteiger partial charge in [-0.2, -0.15) is 0 Å². The molecule has 1 nitrogen and oxygen atoms in total. The van der Waals surface area contributed by atoms with Crippen LogP contribution in [0.2, 0.25) is 0 Å². The maximum atomic E-state index is 4.03. The van der Waals surface area contributed by atoms with Crippen molar-refractivity contribution in [3.8, 4) is 27.3 Å². The van der Waals surface area contributed by atoms with Crippen molar-refractivity contribution in [1.82, 2.24) is 4.57 Å². The van der Waals surface area contributed by atoms with Crippen LogP contribution < -0.4 is 0 Å². The van der Waals surface area contributed by atoms with E-state index in [2.05, 4.69) is 190 Å². The highest BCUT2D eigenvalue weighted by atomic mass is 79.9. The summed E-state index contributed by atoms with van der Waals surface area (Å²) in [6.45, 7) is 0. The average molecular weight is 731 g/mol. The number of hydrogen-bond acceptors (Lipinski definition) is 1. The molecule has 51 heavy (non-hydrogen) atoms. The maximum absolute atomic E-state index is 4.03. The molecule has 3 heteroatoms. The van der Waals surface area contributed by atoms with E-state index >= 15 is 0 Å². The maximum Gasteiger partial charge on any atom is 0.0541 e. The SMILES string of the molecule is Brc1c(-c2cccc3ccccc23)sc2ccc(-c3ccc4c(c3)c3ccccc3n4-c3ccc4c5ccccc5c5ccccc5c4c3)cc12. The molecule has 2 aromatic heterocycles. The molecule has 0 aliphatic heterocycles. The van der Waals surface area contributed by atoms with Gasteiger partial charge in [0.15, 0.2) is 0 Å². The van der Waals surface area contributed by atoms with Crippen molar-refractivity contribution in [2.45, 2.75) is 0 Å². The standard InChI is InChI=1S/C48H28BrNS/c49-47-43-27-31(21-25-46(43)51-48(47)40-18-9-11-29-10-1-2-12-33(29)40)30-20-24-45-42(26-30)39-17-7-8-19-44(39)50(45)32-22-23-38-36-15-4-3-13-34(36)35-14-5-6-16-37(35)41(38)28-32/h1-28H. The molecular formula is C48H28BrNS. The number of halogens is 1. The summed E-state index contributed by atoms with van der Waals surface area (Å²) in [4.78, 5) is 1.27. The number of benzene rings is 9. The van der Waals surface area contributed by atoms with Crippen molar-refractivity contribution in [3.63, 3.8) is 0 Å². The zero-order valence-corrected chi connectivity index (χ0v) is 29.8. The molecule has 0 unspecified atom stereocenters. The third-order valence-corrected chi connectivity index (χ3v) is 12.9. The number of rotatable bonds is 3. The molecule has 0 saturated carbocycles. The van der Waals surface area contributed by atoms with E-state index in [-0.39, 0.29) is 0 Å². The Morgan fingerprint density at radius 1 is 0.392 bits per heavy atom. The second-order valence-corrected chi connectivity index (χ2v) is 15.2. The molecule has 2 heterocycles. The first kappa shape index (κ1) is 29.0. The number of hydrogen-bond donors (Lipinski definition) is 0. The van der Waals surface area contributed by atoms with Crippen molar-refractivity contribution in [2.24, 2.45) is 0 Å². The van der Waals surface area contributed by atoms with E-state index < -0.39 is 0 Å². The third kappa shape index (κ3) is 4.32. The van der Waals surface area contributed by atoms with Gasteiger partial charge in [0.25, 0.3) is 0 Å². The fourth-order valence-electron chi connectivity index (χ4n) is 8.31. The Kier molecular flexibility index (Phi) is 6.34. The van der Waals surface area contributed by atoms with Crippen LogP contribution >= 0.6 is 27.3 Å². The minimum atomic E-state index is 1.16. The normalized spacial score (nSPS) is 12.0. The smallest absolute Gasteiger partial charge is 0.0541 e. The van der Waals surface area contributed by atoms with Crippen LogP contribution in [-0.2, 0) is 0 Å². The second kappa shape index (κ2) is 11.1. The van der Waals surface area contributed by atoms with Gasteiger partial charge < -0.3 is 4.57 Å². The van der Waals surface area contributed by atoms with Gasteiger partial charge in [0.05, 0.1) is 15.9 Å². The van der Waals surface area contributed by atoms with E-state index in [1.54, 1.807) is 0 Å². The first-order valence-corrected chi connectivity index (χ1v) is 18.9. The van der Waals surface area contributed by atoms with E-state index in [4.69, 9.17) is 0 Å². The Hall–Kier alpha value is -5.74. The molecule has 0 N–H and O–H groups in total. The first-order valence-electron chi connectivity index (χ1n) is 17.3. The topological polar surface area (TPSA) is 4.93 Å². The van der Waals surface area contributed by atoms with Crippen molar-refractivity contribution in [1.29, 1.82) is 0 Å². The van der Waals surface area contributed by atoms with Crippen LogP contribution in [0.15, 0.2) is 174 Å². The fraction of sp³-hybridized carbons (Fsp3) is 0. The molecule has 0 amide bonds. The predicted octanol–water partition coefficient (Wildman–Crippen LogP) is 14.7. The number of nitrogens with zero attached hydrogens (tertiary/aromatic N) is 1. The molecule has 0 radical (unpaired) electrons. The summed E-state index contributed by atoms with van der Waals surface area (Å²) >= 11 is 5.89. The van der Waals surface area contributed by atoms with Gasteiger partial charge in [0.1, 0.15) is 0 Å². The van der Waals surface area contributed by atoms with Gasteiger partial charge in [-0.1, -0.05) is 127 Å². The molecule has 9 aromatic carbocycles. The highest BCUT2D eigenvalue weighted by molar-refractivity contribution is 9.10. The zero-order chi connectivity index (χ0) is 33.6. The summed E-state index contributed by atoms with van der Waals surface area (Å²) in [5.41, 5.74) is 7.30. The molecule has 11 aromatic rings. The molecule has 0 bridgehead atoms. The first-order chi connectivity index (χ1) is 25.2. The van der Waals surface area contributed by atoms with Gasteiger partial charge in [-0.3, -0.25) is 0 Å². The zero-order valence-electron chi connectivity index (χ0n) is 27.4. The highest BCUT2D eigenvalue weighted by Gasteiger charge is 2.18. The molecule has 0 atom stereocenters. The van der Waals surface area contributed by atoms with Crippen molar-refractivity contribution < 1.29 is 0 Å². The van der Waals surface area contributed by atoms with Crippen LogP contribution in [0.1, 0.15) is 0 Å². The van der Waals surface area contributed by atoms with Crippen LogP contribution in [-0.4, -0.2) is 4.57 Å². The average Bonchev–Trinajstić information content (AvgIpc) is 3.71. The summed E-state index contributed by atoms with van der Waals surface area (Å²) in [7, 11) is 0. The largest absolute Gasteiger partial charge is 0.309 e. The van der Waals surface area contributed by atoms with Crippen LogP contribution in [0.25, 0.3) is 102 Å². The van der Waals surface area contributed by atoms with Crippen LogP contribution in [0.5, 0.6) is 0 Å².